The number of nitrogens with zero attached hydrogens (tertiary/aromatic N) is 1. The molecule has 1 nitrogen and oxygen atoms in total. The van der Waals surface area contributed by atoms with E-state index in [-0.39, 0.29) is 22.9 Å². The van der Waals surface area contributed by atoms with Crippen molar-refractivity contribution in [2.45, 2.75) is 72.1 Å². The molecule has 23 heavy (non-hydrogen) atoms. The van der Waals surface area contributed by atoms with Crippen molar-refractivity contribution >= 4 is 31.3 Å². The van der Waals surface area contributed by atoms with Gasteiger partial charge in [-0.25, -0.2) is 0 Å². The highest BCUT2D eigenvalue weighted by molar-refractivity contribution is 6.80. The normalized spacial score (nSPS) is 12.4. The molecular formula is C20H39AlNSi. The van der Waals surface area contributed by atoms with Gasteiger partial charge in [-0.3, -0.25) is 0 Å². The van der Waals surface area contributed by atoms with Gasteiger partial charge in [0.2, 0.25) is 0 Å². The van der Waals surface area contributed by atoms with Crippen LogP contribution in [-0.2, 0) is 0 Å². The molecule has 0 fully saturated rings. The van der Waals surface area contributed by atoms with E-state index < -0.39 is 8.24 Å². The lowest BCUT2D eigenvalue weighted by Crippen LogP contribution is -2.61. The van der Waals surface area contributed by atoms with E-state index >= 15 is 0 Å². The molecule has 0 aliphatic rings. The van der Waals surface area contributed by atoms with Gasteiger partial charge in [0.25, 0.3) is 0 Å². The molecule has 0 atom stereocenters. The molecule has 0 aliphatic carbocycles. The van der Waals surface area contributed by atoms with E-state index in [1.807, 2.05) is 0 Å². The minimum Gasteiger partial charge on any atom is -0.393 e. The quantitative estimate of drug-likeness (QED) is 0.584. The van der Waals surface area contributed by atoms with Crippen molar-refractivity contribution in [1.82, 2.24) is 0 Å². The highest BCUT2D eigenvalue weighted by Crippen LogP contribution is 2.40. The maximum atomic E-state index is 4.40. The summed E-state index contributed by atoms with van der Waals surface area (Å²) in [5.74, 6) is 1.37. The first-order valence-corrected chi connectivity index (χ1v) is 12.2. The Morgan fingerprint density at radius 2 is 1.39 bits per heavy atom. The maximum absolute atomic E-state index is 4.40. The third kappa shape index (κ3) is 6.29. The summed E-state index contributed by atoms with van der Waals surface area (Å²) in [4.78, 5) is 0. The smallest absolute Gasteiger partial charge is 0.187 e. The number of hydrogen-bond donors (Lipinski definition) is 0. The number of anilines is 1. The molecule has 0 unspecified atom stereocenters. The van der Waals surface area contributed by atoms with Gasteiger partial charge in [-0.15, -0.1) is 0 Å². The Morgan fingerprint density at radius 3 is 1.70 bits per heavy atom. The predicted molar refractivity (Wildman–Crippen MR) is 114 cm³/mol. The van der Waals surface area contributed by atoms with Crippen LogP contribution in [0.4, 0.5) is 5.69 Å². The van der Waals surface area contributed by atoms with E-state index in [4.69, 9.17) is 0 Å². The van der Waals surface area contributed by atoms with Crippen LogP contribution in [0.15, 0.2) is 30.3 Å². The van der Waals surface area contributed by atoms with Crippen LogP contribution < -0.4 is 4.57 Å². The van der Waals surface area contributed by atoms with Crippen molar-refractivity contribution in [1.29, 1.82) is 0 Å². The van der Waals surface area contributed by atoms with Gasteiger partial charge >= 0.3 is 0 Å². The van der Waals surface area contributed by atoms with Crippen LogP contribution in [0.5, 0.6) is 0 Å². The van der Waals surface area contributed by atoms with Crippen molar-refractivity contribution in [2.75, 3.05) is 4.57 Å². The molecule has 1 rings (SSSR count). The Balaban J connectivity index is 0.00000484. The fourth-order valence-electron chi connectivity index (χ4n) is 4.05. The van der Waals surface area contributed by atoms with Crippen LogP contribution in [0.1, 0.15) is 47.0 Å². The molecule has 0 saturated heterocycles. The van der Waals surface area contributed by atoms with Crippen molar-refractivity contribution in [3.63, 3.8) is 0 Å². The number of hydrogen-bond acceptors (Lipinski definition) is 1. The van der Waals surface area contributed by atoms with Crippen molar-refractivity contribution in [3.8, 4) is 0 Å². The molecular weight excluding hydrogens is 309 g/mol. The second-order valence-corrected chi connectivity index (χ2v) is 13.3. The van der Waals surface area contributed by atoms with Gasteiger partial charge in [0.1, 0.15) is 8.24 Å². The zero-order chi connectivity index (χ0) is 17.0. The number of benzene rings is 1. The Bertz CT molecular complexity index is 427. The molecule has 1 radical (unpaired) electrons. The van der Waals surface area contributed by atoms with Gasteiger partial charge in [-0.1, -0.05) is 72.5 Å². The van der Waals surface area contributed by atoms with Gasteiger partial charge < -0.3 is 4.57 Å². The number of rotatable bonds is 8. The Hall–Kier alpha value is -0.231. The van der Waals surface area contributed by atoms with E-state index in [1.54, 1.807) is 0 Å². The molecule has 0 amide bonds. The van der Waals surface area contributed by atoms with Crippen LogP contribution in [-0.4, -0.2) is 31.1 Å². The van der Waals surface area contributed by atoms with Crippen LogP contribution in [0, 0.1) is 18.8 Å². The van der Waals surface area contributed by atoms with E-state index in [0.717, 1.165) is 6.42 Å². The van der Waals surface area contributed by atoms with Gasteiger partial charge in [0, 0.05) is 11.2 Å². The molecule has 3 heteroatoms. The highest BCUT2D eigenvalue weighted by atomic mass is 28.3. The largest absolute Gasteiger partial charge is 0.393 e. The standard InChI is InChI=1S/C20H36NSi.Al.3H/c1-9-20(15-17(2)3,16-18(4)5)21(22(6,7)8)19-13-11-10-12-14-19;;;;/h10-14,17-18H,1,9,15-16H2,2-8H3;;;;. The van der Waals surface area contributed by atoms with E-state index in [2.05, 4.69) is 89.2 Å². The molecule has 0 aromatic heterocycles. The van der Waals surface area contributed by atoms with Crippen LogP contribution in [0.3, 0.4) is 0 Å². The van der Waals surface area contributed by atoms with Crippen LogP contribution >= 0.6 is 0 Å². The highest BCUT2D eigenvalue weighted by Gasteiger charge is 2.42. The molecule has 131 valence electrons. The molecule has 0 saturated carbocycles. The first-order valence-electron chi connectivity index (χ1n) is 8.77. The summed E-state index contributed by atoms with van der Waals surface area (Å²) in [5, 5.41) is 0. The minimum absolute atomic E-state index is 0. The summed E-state index contributed by atoms with van der Waals surface area (Å²) in [5.41, 5.74) is 1.56. The topological polar surface area (TPSA) is 3.24 Å². The minimum atomic E-state index is -1.52. The molecule has 0 spiro atoms. The summed E-state index contributed by atoms with van der Waals surface area (Å²) < 4.78 is 2.78. The Kier molecular flexibility index (Phi) is 9.21. The van der Waals surface area contributed by atoms with E-state index in [9.17, 15) is 0 Å². The molecule has 0 heterocycles. The average molecular weight is 349 g/mol. The molecule has 0 N–H and O–H groups in total. The van der Waals surface area contributed by atoms with E-state index in [0.29, 0.717) is 11.8 Å². The molecule has 1 aromatic carbocycles. The van der Waals surface area contributed by atoms with E-state index in [1.165, 1.54) is 18.5 Å². The van der Waals surface area contributed by atoms with Gasteiger partial charge in [0.05, 0.1) is 0 Å². The zero-order valence-corrected chi connectivity index (χ0v) is 16.8. The second-order valence-electron chi connectivity index (χ2n) is 8.51. The van der Waals surface area contributed by atoms with Crippen molar-refractivity contribution < 1.29 is 0 Å². The second kappa shape index (κ2) is 9.30. The Labute approximate surface area is 157 Å². The van der Waals surface area contributed by atoms with Crippen molar-refractivity contribution in [3.05, 3.63) is 37.3 Å². The summed E-state index contributed by atoms with van der Waals surface area (Å²) in [6.07, 6.45) is 3.41. The summed E-state index contributed by atoms with van der Waals surface area (Å²) in [6, 6.07) is 11.0. The zero-order valence-electron chi connectivity index (χ0n) is 15.8. The fourth-order valence-corrected chi connectivity index (χ4v) is 6.69. The Morgan fingerprint density at radius 1 is 0.957 bits per heavy atom. The third-order valence-corrected chi connectivity index (χ3v) is 6.28. The first kappa shape index (κ1) is 22.8. The lowest BCUT2D eigenvalue weighted by Gasteiger charge is -2.53. The van der Waals surface area contributed by atoms with Gasteiger partial charge in [-0.05, 0) is 43.2 Å². The van der Waals surface area contributed by atoms with Crippen LogP contribution in [0.25, 0.3) is 0 Å². The van der Waals surface area contributed by atoms with Gasteiger partial charge in [0.15, 0.2) is 17.4 Å². The first-order chi connectivity index (χ1) is 10.1. The van der Waals surface area contributed by atoms with Gasteiger partial charge in [-0.2, -0.15) is 0 Å². The predicted octanol–water partition coefficient (Wildman–Crippen LogP) is 5.20. The molecule has 1 aromatic rings. The SMILES string of the molecule is [AlH3].[CH2]CC(CC(C)C)(CC(C)C)N(c1ccccc1)[Si](C)(C)C. The average Bonchev–Trinajstić information content (AvgIpc) is 2.36. The summed E-state index contributed by atoms with van der Waals surface area (Å²) >= 11 is 0. The monoisotopic (exact) mass is 348 g/mol. The van der Waals surface area contributed by atoms with Crippen LogP contribution in [0.2, 0.25) is 19.6 Å². The molecule has 0 bridgehead atoms. The number of para-hydroxylation sites is 1. The maximum Gasteiger partial charge on any atom is 0.187 e. The third-order valence-electron chi connectivity index (χ3n) is 4.20. The summed E-state index contributed by atoms with van der Waals surface area (Å²) in [7, 11) is -1.52. The molecule has 0 aliphatic heterocycles. The lowest BCUT2D eigenvalue weighted by molar-refractivity contribution is 0.287. The van der Waals surface area contributed by atoms with Crippen molar-refractivity contribution in [2.24, 2.45) is 11.8 Å². The fraction of sp³-hybridized carbons (Fsp3) is 0.650. The lowest BCUT2D eigenvalue weighted by atomic mass is 9.79. The summed E-state index contributed by atoms with van der Waals surface area (Å²) in [6.45, 7) is 21.2.